The summed E-state index contributed by atoms with van der Waals surface area (Å²) in [5, 5.41) is 0. The highest BCUT2D eigenvalue weighted by molar-refractivity contribution is 5.76. The van der Waals surface area contributed by atoms with Gasteiger partial charge in [-0.3, -0.25) is 4.79 Å². The Balaban J connectivity index is 1.71. The summed E-state index contributed by atoms with van der Waals surface area (Å²) in [7, 11) is 1.48. The second-order valence-corrected chi connectivity index (χ2v) is 4.90. The first-order valence-electron chi connectivity index (χ1n) is 5.69. The number of nitrogens with zero attached hydrogens (tertiary/aromatic N) is 1. The molecular formula is C11H20N2O2. The largest absolute Gasteiger partial charge is 0.469 e. The molecule has 1 aliphatic carbocycles. The molecule has 0 radical (unpaired) electrons. The summed E-state index contributed by atoms with van der Waals surface area (Å²) in [6, 6.07) is 0.276. The third kappa shape index (κ3) is 2.16. The number of hydrogen-bond acceptors (Lipinski definition) is 4. The van der Waals surface area contributed by atoms with E-state index in [-0.39, 0.29) is 17.9 Å². The van der Waals surface area contributed by atoms with Crippen LogP contribution in [0.25, 0.3) is 0 Å². The number of likely N-dealkylation sites (tertiary alicyclic amines) is 1. The topological polar surface area (TPSA) is 55.6 Å². The molecule has 4 nitrogen and oxygen atoms in total. The van der Waals surface area contributed by atoms with Gasteiger partial charge in [0.25, 0.3) is 0 Å². The van der Waals surface area contributed by atoms with Crippen LogP contribution in [0.4, 0.5) is 0 Å². The number of methoxy groups -OCH3 is 1. The molecule has 2 N–H and O–H groups in total. The molecular weight excluding hydrogens is 192 g/mol. The van der Waals surface area contributed by atoms with Crippen LogP contribution in [-0.4, -0.2) is 43.7 Å². The zero-order chi connectivity index (χ0) is 11.0. The molecule has 1 heterocycles. The van der Waals surface area contributed by atoms with Gasteiger partial charge in [-0.15, -0.1) is 0 Å². The Morgan fingerprint density at radius 1 is 1.53 bits per heavy atom. The molecule has 0 aromatic carbocycles. The fourth-order valence-corrected chi connectivity index (χ4v) is 2.67. The van der Waals surface area contributed by atoms with Gasteiger partial charge < -0.3 is 15.4 Å². The quantitative estimate of drug-likeness (QED) is 0.670. The number of piperidine rings is 1. The molecule has 1 saturated carbocycles. The van der Waals surface area contributed by atoms with Gasteiger partial charge in [-0.25, -0.2) is 0 Å². The molecule has 2 aliphatic rings. The van der Waals surface area contributed by atoms with E-state index in [2.05, 4.69) is 4.90 Å². The fraction of sp³-hybridized carbons (Fsp3) is 0.909. The lowest BCUT2D eigenvalue weighted by molar-refractivity contribution is -0.143. The number of carbonyl (C=O) groups excluding carboxylic acids is 1. The van der Waals surface area contributed by atoms with Crippen molar-refractivity contribution in [3.8, 4) is 0 Å². The van der Waals surface area contributed by atoms with Gasteiger partial charge in [-0.1, -0.05) is 0 Å². The summed E-state index contributed by atoms with van der Waals surface area (Å²) < 4.78 is 4.77. The van der Waals surface area contributed by atoms with Crippen LogP contribution < -0.4 is 5.73 Å². The van der Waals surface area contributed by atoms with Gasteiger partial charge in [0.05, 0.1) is 13.0 Å². The number of carbonyl (C=O) groups is 1. The normalized spacial score (nSPS) is 36.1. The zero-order valence-electron chi connectivity index (χ0n) is 9.48. The van der Waals surface area contributed by atoms with E-state index in [0.717, 1.165) is 26.1 Å². The van der Waals surface area contributed by atoms with Crippen molar-refractivity contribution < 1.29 is 9.53 Å². The Morgan fingerprint density at radius 3 is 2.60 bits per heavy atom. The molecule has 0 aromatic rings. The van der Waals surface area contributed by atoms with Crippen molar-refractivity contribution in [1.82, 2.24) is 4.90 Å². The standard InChI is InChI=1S/C11H20N2O2/c1-7(12)3-4-13-5-8-9(6-13)10(8)11(14)15-2/h7-10H,3-6,12H2,1-2H3. The van der Waals surface area contributed by atoms with Crippen LogP contribution in [-0.2, 0) is 9.53 Å². The van der Waals surface area contributed by atoms with E-state index in [4.69, 9.17) is 10.5 Å². The maximum atomic E-state index is 11.3. The van der Waals surface area contributed by atoms with Gasteiger partial charge >= 0.3 is 5.97 Å². The zero-order valence-corrected chi connectivity index (χ0v) is 9.48. The van der Waals surface area contributed by atoms with Crippen molar-refractivity contribution in [3.63, 3.8) is 0 Å². The lowest BCUT2D eigenvalue weighted by Gasteiger charge is -2.19. The van der Waals surface area contributed by atoms with Crippen molar-refractivity contribution in [3.05, 3.63) is 0 Å². The van der Waals surface area contributed by atoms with Crippen LogP contribution in [0.3, 0.4) is 0 Å². The molecule has 2 fully saturated rings. The van der Waals surface area contributed by atoms with Crippen LogP contribution in [0.5, 0.6) is 0 Å². The lowest BCUT2D eigenvalue weighted by Crippen LogP contribution is -2.30. The molecule has 0 amide bonds. The predicted octanol–water partition coefficient (Wildman–Crippen LogP) is 0.0745. The van der Waals surface area contributed by atoms with Crippen molar-refractivity contribution in [2.75, 3.05) is 26.7 Å². The highest BCUT2D eigenvalue weighted by atomic mass is 16.5. The second kappa shape index (κ2) is 4.10. The molecule has 2 rings (SSSR count). The molecule has 86 valence electrons. The van der Waals surface area contributed by atoms with Gasteiger partial charge in [0.15, 0.2) is 0 Å². The number of rotatable bonds is 4. The maximum Gasteiger partial charge on any atom is 0.309 e. The van der Waals surface area contributed by atoms with Crippen molar-refractivity contribution in [2.24, 2.45) is 23.5 Å². The first kappa shape index (κ1) is 10.9. The molecule has 15 heavy (non-hydrogen) atoms. The van der Waals surface area contributed by atoms with Gasteiger partial charge in [0.1, 0.15) is 0 Å². The highest BCUT2D eigenvalue weighted by Crippen LogP contribution is 2.52. The van der Waals surface area contributed by atoms with Crippen LogP contribution in [0.1, 0.15) is 13.3 Å². The molecule has 0 spiro atoms. The minimum absolute atomic E-state index is 0.0168. The van der Waals surface area contributed by atoms with Crippen molar-refractivity contribution in [1.29, 1.82) is 0 Å². The van der Waals surface area contributed by atoms with Crippen LogP contribution in [0.15, 0.2) is 0 Å². The number of fused-ring (bicyclic) bond motifs is 1. The lowest BCUT2D eigenvalue weighted by atomic mass is 10.2. The average Bonchev–Trinajstić information content (AvgIpc) is 2.70. The number of hydrogen-bond donors (Lipinski definition) is 1. The van der Waals surface area contributed by atoms with E-state index in [1.165, 1.54) is 7.11 Å². The molecule has 3 atom stereocenters. The monoisotopic (exact) mass is 212 g/mol. The first-order valence-corrected chi connectivity index (χ1v) is 5.69. The third-order valence-corrected chi connectivity index (χ3v) is 3.64. The Hall–Kier alpha value is -0.610. The van der Waals surface area contributed by atoms with Gasteiger partial charge in [0.2, 0.25) is 0 Å². The van der Waals surface area contributed by atoms with E-state index in [1.54, 1.807) is 0 Å². The summed E-state index contributed by atoms with van der Waals surface area (Å²) >= 11 is 0. The van der Waals surface area contributed by atoms with Gasteiger partial charge in [-0.2, -0.15) is 0 Å². The van der Waals surface area contributed by atoms with E-state index < -0.39 is 0 Å². The van der Waals surface area contributed by atoms with Crippen LogP contribution >= 0.6 is 0 Å². The van der Waals surface area contributed by atoms with Crippen molar-refractivity contribution in [2.45, 2.75) is 19.4 Å². The summed E-state index contributed by atoms with van der Waals surface area (Å²) in [4.78, 5) is 13.7. The predicted molar refractivity (Wildman–Crippen MR) is 57.2 cm³/mol. The van der Waals surface area contributed by atoms with E-state index in [9.17, 15) is 4.79 Å². The number of ether oxygens (including phenoxy) is 1. The third-order valence-electron chi connectivity index (χ3n) is 3.64. The Morgan fingerprint density at radius 2 is 2.13 bits per heavy atom. The minimum atomic E-state index is -0.0168. The fourth-order valence-electron chi connectivity index (χ4n) is 2.67. The average molecular weight is 212 g/mol. The van der Waals surface area contributed by atoms with Gasteiger partial charge in [-0.05, 0) is 31.7 Å². The molecule has 1 saturated heterocycles. The highest BCUT2D eigenvalue weighted by Gasteiger charge is 2.59. The molecule has 0 aromatic heterocycles. The van der Waals surface area contributed by atoms with Crippen LogP contribution in [0, 0.1) is 17.8 Å². The molecule has 0 bridgehead atoms. The van der Waals surface area contributed by atoms with Gasteiger partial charge in [0, 0.05) is 19.1 Å². The summed E-state index contributed by atoms with van der Waals surface area (Å²) in [5.74, 6) is 1.30. The Bertz CT molecular complexity index is 243. The number of esters is 1. The summed E-state index contributed by atoms with van der Waals surface area (Å²) in [6.45, 7) is 5.21. The molecule has 3 unspecified atom stereocenters. The van der Waals surface area contributed by atoms with E-state index in [1.807, 2.05) is 6.92 Å². The summed E-state index contributed by atoms with van der Waals surface area (Å²) in [5.41, 5.74) is 5.71. The SMILES string of the molecule is COC(=O)C1C2CN(CCC(C)N)CC21. The molecule has 4 heteroatoms. The second-order valence-electron chi connectivity index (χ2n) is 4.90. The van der Waals surface area contributed by atoms with E-state index >= 15 is 0 Å². The van der Waals surface area contributed by atoms with Crippen molar-refractivity contribution >= 4 is 5.97 Å². The van der Waals surface area contributed by atoms with Crippen LogP contribution in [0.2, 0.25) is 0 Å². The van der Waals surface area contributed by atoms with E-state index in [0.29, 0.717) is 11.8 Å². The maximum absolute atomic E-state index is 11.3. The minimum Gasteiger partial charge on any atom is -0.469 e. The molecule has 1 aliphatic heterocycles. The Labute approximate surface area is 90.8 Å². The smallest absolute Gasteiger partial charge is 0.309 e. The Kier molecular flexibility index (Phi) is 2.98. The first-order chi connectivity index (χ1) is 7.13. The number of nitrogens with two attached hydrogens (primary N) is 1. The summed E-state index contributed by atoms with van der Waals surface area (Å²) in [6.07, 6.45) is 1.04.